The summed E-state index contributed by atoms with van der Waals surface area (Å²) in [4.78, 5) is 12.2. The Morgan fingerprint density at radius 2 is 1.91 bits per heavy atom. The van der Waals surface area contributed by atoms with Gasteiger partial charge in [0, 0.05) is 5.31 Å². The fourth-order valence-electron chi connectivity index (χ4n) is 2.25. The largest absolute Gasteiger partial charge is 0.466 e. The van der Waals surface area contributed by atoms with Gasteiger partial charge in [0.15, 0.2) is 0 Å². The maximum absolute atomic E-state index is 12.6. The van der Waals surface area contributed by atoms with Gasteiger partial charge in [-0.3, -0.25) is 9.36 Å². The van der Waals surface area contributed by atoms with E-state index < -0.39 is 19.5 Å². The van der Waals surface area contributed by atoms with Gasteiger partial charge < -0.3 is 13.8 Å². The maximum Gasteiger partial charge on any atom is 0.357 e. The maximum atomic E-state index is 12.6. The zero-order valence-corrected chi connectivity index (χ0v) is 13.8. The first kappa shape index (κ1) is 16.9. The number of ether oxygens (including phenoxy) is 1. The Morgan fingerprint density at radius 1 is 1.32 bits per heavy atom. The Bertz CT molecular complexity index is 583. The molecule has 1 saturated heterocycles. The number of carbonyl (C=O) groups excluding carboxylic acids is 1. The number of hydrogen-bond donors (Lipinski definition) is 0. The smallest absolute Gasteiger partial charge is 0.357 e. The predicted molar refractivity (Wildman–Crippen MR) is 83.7 cm³/mol. The van der Waals surface area contributed by atoms with Gasteiger partial charge in [-0.25, -0.2) is 0 Å². The van der Waals surface area contributed by atoms with E-state index in [9.17, 15) is 9.36 Å². The molecule has 1 aliphatic rings. The first-order valence-electron chi connectivity index (χ1n) is 7.27. The van der Waals surface area contributed by atoms with Gasteiger partial charge in [0.2, 0.25) is 0 Å². The molecular formula is C16H21O5P. The minimum Gasteiger partial charge on any atom is -0.466 e. The summed E-state index contributed by atoms with van der Waals surface area (Å²) >= 11 is 0. The Hall–Kier alpha value is -1.42. The molecule has 0 N–H and O–H groups in total. The summed E-state index contributed by atoms with van der Waals surface area (Å²) in [6, 6.07) is 7.79. The molecule has 0 saturated carbocycles. The van der Waals surface area contributed by atoms with Crippen LogP contribution in [0.5, 0.6) is 0 Å². The summed E-state index contributed by atoms with van der Waals surface area (Å²) in [5.41, 5.74) is 2.07. The van der Waals surface area contributed by atoms with E-state index in [4.69, 9.17) is 13.8 Å². The SMILES string of the molecule is C=C(C(Cc1ccc(C)cc1)C(=O)OCC)P1(=O)OCCO1. The van der Waals surface area contributed by atoms with E-state index in [1.165, 1.54) is 0 Å². The first-order chi connectivity index (χ1) is 10.5. The fraction of sp³-hybridized carbons (Fsp3) is 0.438. The third kappa shape index (κ3) is 3.86. The third-order valence-electron chi connectivity index (χ3n) is 3.49. The molecule has 22 heavy (non-hydrogen) atoms. The molecule has 6 heteroatoms. The van der Waals surface area contributed by atoms with Gasteiger partial charge in [0.1, 0.15) is 0 Å². The van der Waals surface area contributed by atoms with Crippen molar-refractivity contribution < 1.29 is 23.1 Å². The number of carbonyl (C=O) groups is 1. The molecule has 1 heterocycles. The van der Waals surface area contributed by atoms with Crippen molar-refractivity contribution >= 4 is 13.6 Å². The quantitative estimate of drug-likeness (QED) is 0.592. The van der Waals surface area contributed by atoms with Gasteiger partial charge in [-0.15, -0.1) is 0 Å². The van der Waals surface area contributed by atoms with Gasteiger partial charge in [-0.2, -0.15) is 0 Å². The van der Waals surface area contributed by atoms with E-state index in [2.05, 4.69) is 6.58 Å². The Morgan fingerprint density at radius 3 is 2.45 bits per heavy atom. The van der Waals surface area contributed by atoms with Crippen molar-refractivity contribution in [1.29, 1.82) is 0 Å². The number of aryl methyl sites for hydroxylation is 1. The van der Waals surface area contributed by atoms with E-state index in [0.29, 0.717) is 6.42 Å². The van der Waals surface area contributed by atoms with Crippen LogP contribution in [0, 0.1) is 12.8 Å². The lowest BCUT2D eigenvalue weighted by atomic mass is 9.98. The van der Waals surface area contributed by atoms with Crippen molar-refractivity contribution in [2.45, 2.75) is 20.3 Å². The van der Waals surface area contributed by atoms with Gasteiger partial charge in [0.05, 0.1) is 25.7 Å². The van der Waals surface area contributed by atoms with Crippen molar-refractivity contribution in [1.82, 2.24) is 0 Å². The van der Waals surface area contributed by atoms with E-state index in [-0.39, 0.29) is 25.1 Å². The molecule has 0 aromatic heterocycles. The zero-order valence-electron chi connectivity index (χ0n) is 12.9. The van der Waals surface area contributed by atoms with Crippen LogP contribution in [0.1, 0.15) is 18.1 Å². The highest BCUT2D eigenvalue weighted by Gasteiger charge is 2.41. The van der Waals surface area contributed by atoms with Crippen LogP contribution in [-0.2, 0) is 29.6 Å². The van der Waals surface area contributed by atoms with Gasteiger partial charge in [-0.05, 0) is 25.8 Å². The number of benzene rings is 1. The molecule has 1 atom stereocenters. The van der Waals surface area contributed by atoms with E-state index >= 15 is 0 Å². The van der Waals surface area contributed by atoms with Crippen molar-refractivity contribution in [3.63, 3.8) is 0 Å². The molecule has 0 spiro atoms. The van der Waals surface area contributed by atoms with Crippen molar-refractivity contribution in [3.05, 3.63) is 47.3 Å². The summed E-state index contributed by atoms with van der Waals surface area (Å²) in [6.45, 7) is 8.28. The second-order valence-electron chi connectivity index (χ2n) is 5.15. The molecule has 1 aliphatic heterocycles. The van der Waals surface area contributed by atoms with Crippen LogP contribution >= 0.6 is 7.60 Å². The Balaban J connectivity index is 2.22. The lowest BCUT2D eigenvalue weighted by Crippen LogP contribution is -2.22. The molecule has 0 aliphatic carbocycles. The first-order valence-corrected chi connectivity index (χ1v) is 8.81. The highest BCUT2D eigenvalue weighted by Crippen LogP contribution is 2.61. The van der Waals surface area contributed by atoms with Crippen LogP contribution in [0.25, 0.3) is 0 Å². The topological polar surface area (TPSA) is 61.8 Å². The summed E-state index contributed by atoms with van der Waals surface area (Å²) in [7, 11) is -3.44. The molecule has 1 aromatic carbocycles. The summed E-state index contributed by atoms with van der Waals surface area (Å²) < 4.78 is 28.0. The highest BCUT2D eigenvalue weighted by molar-refractivity contribution is 7.58. The Kier molecular flexibility index (Phi) is 5.57. The second kappa shape index (κ2) is 7.23. The van der Waals surface area contributed by atoms with Crippen LogP contribution in [-0.4, -0.2) is 25.8 Å². The molecule has 1 aromatic rings. The number of esters is 1. The molecular weight excluding hydrogens is 303 g/mol. The third-order valence-corrected chi connectivity index (χ3v) is 5.55. The molecule has 5 nitrogen and oxygen atoms in total. The standard InChI is InChI=1S/C16H21O5P/c1-4-19-16(17)15(11-14-7-5-12(2)6-8-14)13(3)22(18)20-9-10-21-22/h5-8,15H,3-4,9-11H2,1-2H3. The number of rotatable bonds is 6. The van der Waals surface area contributed by atoms with Gasteiger partial charge >= 0.3 is 13.6 Å². The molecule has 0 amide bonds. The lowest BCUT2D eigenvalue weighted by molar-refractivity contribution is -0.146. The number of hydrogen-bond acceptors (Lipinski definition) is 5. The molecule has 120 valence electrons. The van der Waals surface area contributed by atoms with E-state index in [1.807, 2.05) is 31.2 Å². The van der Waals surface area contributed by atoms with E-state index in [1.54, 1.807) is 6.92 Å². The van der Waals surface area contributed by atoms with Crippen LogP contribution in [0.2, 0.25) is 0 Å². The van der Waals surface area contributed by atoms with Gasteiger partial charge in [0.25, 0.3) is 0 Å². The predicted octanol–water partition coefficient (Wildman–Crippen LogP) is 3.47. The molecule has 2 rings (SSSR count). The summed E-state index contributed by atoms with van der Waals surface area (Å²) in [6.07, 6.45) is 0.356. The van der Waals surface area contributed by atoms with Crippen molar-refractivity contribution in [3.8, 4) is 0 Å². The van der Waals surface area contributed by atoms with Gasteiger partial charge in [-0.1, -0.05) is 36.4 Å². The normalized spacial score (nSPS) is 17.9. The monoisotopic (exact) mass is 324 g/mol. The molecule has 0 bridgehead atoms. The summed E-state index contributed by atoms with van der Waals surface area (Å²) in [5, 5.41) is 0.170. The average molecular weight is 324 g/mol. The minimum atomic E-state index is -3.44. The van der Waals surface area contributed by atoms with Crippen LogP contribution in [0.4, 0.5) is 0 Å². The molecule has 1 fully saturated rings. The lowest BCUT2D eigenvalue weighted by Gasteiger charge is -2.21. The van der Waals surface area contributed by atoms with Crippen molar-refractivity contribution in [2.24, 2.45) is 5.92 Å². The average Bonchev–Trinajstić information content (AvgIpc) is 2.94. The van der Waals surface area contributed by atoms with Crippen LogP contribution in [0.3, 0.4) is 0 Å². The Labute approximate surface area is 130 Å². The van der Waals surface area contributed by atoms with E-state index in [0.717, 1.165) is 11.1 Å². The fourth-order valence-corrected chi connectivity index (χ4v) is 3.86. The summed E-state index contributed by atoms with van der Waals surface area (Å²) in [5.74, 6) is -1.20. The molecule has 0 radical (unpaired) electrons. The second-order valence-corrected chi connectivity index (χ2v) is 7.24. The van der Waals surface area contributed by atoms with Crippen molar-refractivity contribution in [2.75, 3.05) is 19.8 Å². The minimum absolute atomic E-state index is 0.170. The van der Waals surface area contributed by atoms with Crippen LogP contribution in [0.15, 0.2) is 36.2 Å². The zero-order chi connectivity index (χ0) is 16.2. The molecule has 1 unspecified atom stereocenters. The highest BCUT2D eigenvalue weighted by atomic mass is 31.2. The van der Waals surface area contributed by atoms with Crippen LogP contribution < -0.4 is 0 Å².